The molecule has 0 atom stereocenters. The van der Waals surface area contributed by atoms with Crippen molar-refractivity contribution < 1.29 is 13.9 Å². The molecule has 3 aromatic heterocycles. The van der Waals surface area contributed by atoms with E-state index >= 15 is 0 Å². The molecule has 0 amide bonds. The van der Waals surface area contributed by atoms with Crippen molar-refractivity contribution >= 4 is 16.8 Å². The standard InChI is InChI=1S/C18H17FN6O3/c1-27-8-7-24-10-20-17-15(18(24)26)21-22-16-14(11-3-5-12(19)6-4-11)13(9-28-2)23-25(16)17/h3-6,10H,7-9H2,1-2H3. The van der Waals surface area contributed by atoms with Gasteiger partial charge in [0.25, 0.3) is 5.56 Å². The Hall–Kier alpha value is -3.24. The first-order valence-electron chi connectivity index (χ1n) is 8.51. The molecule has 4 aromatic rings. The van der Waals surface area contributed by atoms with Gasteiger partial charge in [0.15, 0.2) is 16.8 Å². The first kappa shape index (κ1) is 18.1. The molecule has 0 unspecified atom stereocenters. The van der Waals surface area contributed by atoms with Gasteiger partial charge >= 0.3 is 0 Å². The number of nitrogens with zero attached hydrogens (tertiary/aromatic N) is 6. The smallest absolute Gasteiger partial charge is 0.283 e. The number of ether oxygens (including phenoxy) is 2. The van der Waals surface area contributed by atoms with Crippen LogP contribution in [0.1, 0.15) is 5.69 Å². The van der Waals surface area contributed by atoms with Crippen LogP contribution in [-0.4, -0.2) is 50.2 Å². The maximum absolute atomic E-state index is 13.3. The monoisotopic (exact) mass is 384 g/mol. The van der Waals surface area contributed by atoms with Crippen LogP contribution in [0.25, 0.3) is 27.9 Å². The molecular formula is C18H17FN6O3. The number of fused-ring (bicyclic) bond motifs is 3. The Morgan fingerprint density at radius 2 is 1.86 bits per heavy atom. The SMILES string of the molecule is COCCn1cnc2c(nnc3c(-c4ccc(F)cc4)c(COC)nn32)c1=O. The second-order valence-corrected chi connectivity index (χ2v) is 6.11. The maximum Gasteiger partial charge on any atom is 0.283 e. The van der Waals surface area contributed by atoms with Crippen molar-refractivity contribution in [2.45, 2.75) is 13.2 Å². The van der Waals surface area contributed by atoms with Gasteiger partial charge in [-0.05, 0) is 17.7 Å². The normalized spacial score (nSPS) is 11.5. The third-order valence-corrected chi connectivity index (χ3v) is 4.32. The van der Waals surface area contributed by atoms with Crippen molar-refractivity contribution in [2.75, 3.05) is 20.8 Å². The van der Waals surface area contributed by atoms with Gasteiger partial charge in [-0.15, -0.1) is 10.2 Å². The molecule has 3 heterocycles. The predicted molar refractivity (Wildman–Crippen MR) is 98.3 cm³/mol. The van der Waals surface area contributed by atoms with Gasteiger partial charge in [0.1, 0.15) is 12.1 Å². The molecule has 144 valence electrons. The molecule has 9 nitrogen and oxygen atoms in total. The molecule has 10 heteroatoms. The first-order chi connectivity index (χ1) is 13.6. The van der Waals surface area contributed by atoms with Crippen molar-refractivity contribution in [3.05, 3.63) is 52.5 Å². The Kier molecular flexibility index (Phi) is 4.80. The Bertz CT molecular complexity index is 1200. The van der Waals surface area contributed by atoms with Gasteiger partial charge in [-0.25, -0.2) is 9.37 Å². The summed E-state index contributed by atoms with van der Waals surface area (Å²) in [5, 5.41) is 12.8. The van der Waals surface area contributed by atoms with Crippen LogP contribution in [0.3, 0.4) is 0 Å². The zero-order chi connectivity index (χ0) is 19.7. The summed E-state index contributed by atoms with van der Waals surface area (Å²) in [7, 11) is 3.11. The topological polar surface area (TPSA) is 96.4 Å². The molecule has 28 heavy (non-hydrogen) atoms. The van der Waals surface area contributed by atoms with Crippen LogP contribution in [0.15, 0.2) is 35.4 Å². The van der Waals surface area contributed by atoms with E-state index in [-0.39, 0.29) is 29.1 Å². The minimum atomic E-state index is -0.344. The molecule has 0 aliphatic carbocycles. The van der Waals surface area contributed by atoms with Crippen LogP contribution in [0.4, 0.5) is 4.39 Å². The van der Waals surface area contributed by atoms with Gasteiger partial charge in [-0.1, -0.05) is 12.1 Å². The highest BCUT2D eigenvalue weighted by molar-refractivity contribution is 5.83. The van der Waals surface area contributed by atoms with Crippen molar-refractivity contribution in [3.8, 4) is 11.1 Å². The highest BCUT2D eigenvalue weighted by Gasteiger charge is 2.20. The number of benzene rings is 1. The number of methoxy groups -OCH3 is 2. The largest absolute Gasteiger partial charge is 0.383 e. The zero-order valence-electron chi connectivity index (χ0n) is 15.3. The molecule has 4 rings (SSSR count). The average molecular weight is 384 g/mol. The van der Waals surface area contributed by atoms with E-state index in [1.165, 1.54) is 27.5 Å². The fourth-order valence-corrected chi connectivity index (χ4v) is 3.00. The van der Waals surface area contributed by atoms with E-state index in [0.717, 1.165) is 0 Å². The van der Waals surface area contributed by atoms with E-state index in [9.17, 15) is 9.18 Å². The minimum absolute atomic E-state index is 0.100. The Labute approximate surface area is 158 Å². The van der Waals surface area contributed by atoms with Gasteiger partial charge in [0.05, 0.1) is 31.0 Å². The summed E-state index contributed by atoms with van der Waals surface area (Å²) in [6, 6.07) is 5.98. The molecule has 0 radical (unpaired) electrons. The molecule has 0 aliphatic rings. The molecule has 0 fully saturated rings. The lowest BCUT2D eigenvalue weighted by Gasteiger charge is -2.06. The van der Waals surface area contributed by atoms with E-state index in [4.69, 9.17) is 9.47 Å². The summed E-state index contributed by atoms with van der Waals surface area (Å²) < 4.78 is 26.5. The summed E-state index contributed by atoms with van der Waals surface area (Å²) in [6.07, 6.45) is 1.43. The van der Waals surface area contributed by atoms with E-state index in [1.54, 1.807) is 26.4 Å². The van der Waals surface area contributed by atoms with E-state index in [1.807, 2.05) is 0 Å². The Balaban J connectivity index is 1.96. The summed E-state index contributed by atoms with van der Waals surface area (Å²) in [6.45, 7) is 0.937. The van der Waals surface area contributed by atoms with Gasteiger partial charge < -0.3 is 9.47 Å². The third-order valence-electron chi connectivity index (χ3n) is 4.32. The quantitative estimate of drug-likeness (QED) is 0.496. The van der Waals surface area contributed by atoms with Crippen LogP contribution >= 0.6 is 0 Å². The molecule has 1 aromatic carbocycles. The molecule has 0 bridgehead atoms. The van der Waals surface area contributed by atoms with Crippen LogP contribution in [0, 0.1) is 5.82 Å². The van der Waals surface area contributed by atoms with Crippen LogP contribution in [-0.2, 0) is 22.6 Å². The second kappa shape index (κ2) is 7.41. The highest BCUT2D eigenvalue weighted by atomic mass is 19.1. The summed E-state index contributed by atoms with van der Waals surface area (Å²) >= 11 is 0. The van der Waals surface area contributed by atoms with Crippen LogP contribution in [0.2, 0.25) is 0 Å². The first-order valence-corrected chi connectivity index (χ1v) is 8.51. The zero-order valence-corrected chi connectivity index (χ0v) is 15.3. The van der Waals surface area contributed by atoms with Crippen LogP contribution in [0.5, 0.6) is 0 Å². The van der Waals surface area contributed by atoms with E-state index in [0.29, 0.717) is 35.6 Å². The Morgan fingerprint density at radius 3 is 2.57 bits per heavy atom. The lowest BCUT2D eigenvalue weighted by Crippen LogP contribution is -2.24. The predicted octanol–water partition coefficient (Wildman–Crippen LogP) is 1.43. The molecular weight excluding hydrogens is 367 g/mol. The number of rotatable bonds is 6. The highest BCUT2D eigenvalue weighted by Crippen LogP contribution is 2.28. The number of halogens is 1. The summed E-state index contributed by atoms with van der Waals surface area (Å²) in [4.78, 5) is 17.0. The lowest BCUT2D eigenvalue weighted by molar-refractivity contribution is 0.181. The lowest BCUT2D eigenvalue weighted by atomic mass is 10.1. The van der Waals surface area contributed by atoms with Crippen LogP contribution < -0.4 is 5.56 Å². The summed E-state index contributed by atoms with van der Waals surface area (Å²) in [5.74, 6) is -0.344. The molecule has 0 N–H and O–H groups in total. The third kappa shape index (κ3) is 3.02. The second-order valence-electron chi connectivity index (χ2n) is 6.11. The van der Waals surface area contributed by atoms with E-state index in [2.05, 4.69) is 20.3 Å². The van der Waals surface area contributed by atoms with Crippen molar-refractivity contribution in [1.29, 1.82) is 0 Å². The fraction of sp³-hybridized carbons (Fsp3) is 0.278. The van der Waals surface area contributed by atoms with Gasteiger partial charge in [0, 0.05) is 14.2 Å². The number of aromatic nitrogens is 6. The summed E-state index contributed by atoms with van der Waals surface area (Å²) in [5.41, 5.74) is 2.42. The van der Waals surface area contributed by atoms with Crippen molar-refractivity contribution in [1.82, 2.24) is 29.4 Å². The van der Waals surface area contributed by atoms with Gasteiger partial charge in [-0.2, -0.15) is 9.61 Å². The van der Waals surface area contributed by atoms with Crippen molar-refractivity contribution in [3.63, 3.8) is 0 Å². The average Bonchev–Trinajstić information content (AvgIpc) is 3.07. The van der Waals surface area contributed by atoms with Gasteiger partial charge in [-0.3, -0.25) is 9.36 Å². The molecule has 0 aliphatic heterocycles. The Morgan fingerprint density at radius 1 is 1.07 bits per heavy atom. The van der Waals surface area contributed by atoms with Crippen molar-refractivity contribution in [2.24, 2.45) is 0 Å². The fourth-order valence-electron chi connectivity index (χ4n) is 3.00. The van der Waals surface area contributed by atoms with Gasteiger partial charge in [0.2, 0.25) is 0 Å². The molecule has 0 saturated heterocycles. The van der Waals surface area contributed by atoms with E-state index < -0.39 is 0 Å². The number of hydrogen-bond donors (Lipinski definition) is 0. The molecule has 0 spiro atoms. The maximum atomic E-state index is 13.3. The molecule has 0 saturated carbocycles. The number of hydrogen-bond acceptors (Lipinski definition) is 7. The minimum Gasteiger partial charge on any atom is -0.383 e.